The van der Waals surface area contributed by atoms with Gasteiger partial charge in [-0.2, -0.15) is 0 Å². The summed E-state index contributed by atoms with van der Waals surface area (Å²) in [5, 5.41) is 11.5. The van der Waals surface area contributed by atoms with Crippen LogP contribution in [-0.2, 0) is 24.1 Å². The van der Waals surface area contributed by atoms with Gasteiger partial charge in [0, 0.05) is 19.6 Å². The Balaban J connectivity index is 1.72. The molecule has 1 aliphatic rings. The molecule has 0 aromatic heterocycles. The first-order valence-electron chi connectivity index (χ1n) is 7.78. The van der Waals surface area contributed by atoms with Gasteiger partial charge in [-0.05, 0) is 61.6 Å². The Kier molecular flexibility index (Phi) is 6.06. The van der Waals surface area contributed by atoms with Crippen LogP contribution in [0.4, 0.5) is 0 Å². The van der Waals surface area contributed by atoms with Crippen molar-refractivity contribution in [1.29, 1.82) is 0 Å². The minimum Gasteiger partial charge on any atom is -0.396 e. The average molecular weight is 275 g/mol. The van der Waals surface area contributed by atoms with Crippen molar-refractivity contribution < 1.29 is 9.90 Å². The van der Waals surface area contributed by atoms with Crippen LogP contribution in [0, 0.1) is 0 Å². The van der Waals surface area contributed by atoms with Gasteiger partial charge in [0.15, 0.2) is 0 Å². The largest absolute Gasteiger partial charge is 0.396 e. The molecular formula is C17H25NO2. The van der Waals surface area contributed by atoms with Crippen LogP contribution in [0.1, 0.15) is 48.8 Å². The lowest BCUT2D eigenvalue weighted by Gasteiger charge is -2.16. The van der Waals surface area contributed by atoms with E-state index in [0.29, 0.717) is 19.4 Å². The summed E-state index contributed by atoms with van der Waals surface area (Å²) in [7, 11) is 0. The first-order chi connectivity index (χ1) is 9.79. The SMILES string of the molecule is O=C(CCCc1ccc2c(c1)CCCC2)NCCCO. The van der Waals surface area contributed by atoms with Crippen molar-refractivity contribution in [2.24, 2.45) is 0 Å². The molecule has 3 heteroatoms. The molecule has 0 bridgehead atoms. The molecule has 1 amide bonds. The van der Waals surface area contributed by atoms with E-state index >= 15 is 0 Å². The van der Waals surface area contributed by atoms with E-state index in [2.05, 4.69) is 23.5 Å². The predicted molar refractivity (Wildman–Crippen MR) is 80.7 cm³/mol. The van der Waals surface area contributed by atoms with Crippen LogP contribution in [-0.4, -0.2) is 24.2 Å². The van der Waals surface area contributed by atoms with Crippen LogP contribution in [0.2, 0.25) is 0 Å². The Hall–Kier alpha value is -1.35. The fourth-order valence-electron chi connectivity index (χ4n) is 2.79. The summed E-state index contributed by atoms with van der Waals surface area (Å²) < 4.78 is 0. The van der Waals surface area contributed by atoms with Gasteiger partial charge in [-0.3, -0.25) is 4.79 Å². The maximum atomic E-state index is 11.5. The topological polar surface area (TPSA) is 49.3 Å². The predicted octanol–water partition coefficient (Wildman–Crippen LogP) is 2.39. The number of aliphatic hydroxyl groups excluding tert-OH is 1. The smallest absolute Gasteiger partial charge is 0.220 e. The quantitative estimate of drug-likeness (QED) is 0.751. The average Bonchev–Trinajstić information content (AvgIpc) is 2.47. The van der Waals surface area contributed by atoms with E-state index in [0.717, 1.165) is 12.8 Å². The van der Waals surface area contributed by atoms with Crippen molar-refractivity contribution in [3.05, 3.63) is 34.9 Å². The Bertz CT molecular complexity index is 443. The zero-order valence-corrected chi connectivity index (χ0v) is 12.2. The number of carbonyl (C=O) groups excluding carboxylic acids is 1. The highest BCUT2D eigenvalue weighted by molar-refractivity contribution is 5.75. The molecule has 1 aromatic rings. The second-order valence-corrected chi connectivity index (χ2v) is 5.59. The Labute approximate surface area is 121 Å². The monoisotopic (exact) mass is 275 g/mol. The molecule has 0 heterocycles. The van der Waals surface area contributed by atoms with Gasteiger partial charge in [-0.1, -0.05) is 18.2 Å². The van der Waals surface area contributed by atoms with Crippen LogP contribution < -0.4 is 5.32 Å². The van der Waals surface area contributed by atoms with E-state index < -0.39 is 0 Å². The standard InChI is InChI=1S/C17H25NO2/c19-12-4-11-18-17(20)8-3-5-14-9-10-15-6-1-2-7-16(15)13-14/h9-10,13,19H,1-8,11-12H2,(H,18,20). The lowest BCUT2D eigenvalue weighted by atomic mass is 9.89. The third kappa shape index (κ3) is 4.64. The summed E-state index contributed by atoms with van der Waals surface area (Å²) in [4.78, 5) is 11.5. The Morgan fingerprint density at radius 3 is 2.75 bits per heavy atom. The number of benzene rings is 1. The molecule has 0 atom stereocenters. The van der Waals surface area contributed by atoms with Crippen molar-refractivity contribution in [2.45, 2.75) is 51.4 Å². The Morgan fingerprint density at radius 2 is 1.95 bits per heavy atom. The molecule has 0 saturated heterocycles. The molecule has 0 spiro atoms. The van der Waals surface area contributed by atoms with Gasteiger partial charge in [0.2, 0.25) is 5.91 Å². The lowest BCUT2D eigenvalue weighted by Crippen LogP contribution is -2.24. The molecule has 0 aliphatic heterocycles. The zero-order chi connectivity index (χ0) is 14.2. The second kappa shape index (κ2) is 8.05. The molecule has 2 N–H and O–H groups in total. The van der Waals surface area contributed by atoms with Gasteiger partial charge >= 0.3 is 0 Å². The van der Waals surface area contributed by atoms with Gasteiger partial charge in [-0.25, -0.2) is 0 Å². The first-order valence-corrected chi connectivity index (χ1v) is 7.78. The number of aliphatic hydroxyl groups is 1. The molecule has 3 nitrogen and oxygen atoms in total. The number of rotatable bonds is 7. The molecule has 2 rings (SSSR count). The van der Waals surface area contributed by atoms with Crippen molar-refractivity contribution in [2.75, 3.05) is 13.2 Å². The van der Waals surface area contributed by atoms with E-state index in [4.69, 9.17) is 5.11 Å². The number of nitrogens with one attached hydrogen (secondary N) is 1. The first kappa shape index (κ1) is 15.0. The minimum atomic E-state index is 0.0939. The fraction of sp³-hybridized carbons (Fsp3) is 0.588. The van der Waals surface area contributed by atoms with Crippen LogP contribution in [0.5, 0.6) is 0 Å². The number of aryl methyl sites for hydroxylation is 3. The molecule has 0 radical (unpaired) electrons. The number of amides is 1. The molecule has 0 saturated carbocycles. The highest BCUT2D eigenvalue weighted by Gasteiger charge is 2.09. The van der Waals surface area contributed by atoms with Crippen LogP contribution in [0.3, 0.4) is 0 Å². The zero-order valence-electron chi connectivity index (χ0n) is 12.2. The molecule has 20 heavy (non-hydrogen) atoms. The van der Waals surface area contributed by atoms with Crippen LogP contribution in [0.25, 0.3) is 0 Å². The Morgan fingerprint density at radius 1 is 1.15 bits per heavy atom. The maximum Gasteiger partial charge on any atom is 0.220 e. The van der Waals surface area contributed by atoms with E-state index in [1.165, 1.54) is 42.4 Å². The highest BCUT2D eigenvalue weighted by atomic mass is 16.3. The van der Waals surface area contributed by atoms with Crippen LogP contribution >= 0.6 is 0 Å². The number of carbonyl (C=O) groups is 1. The summed E-state index contributed by atoms with van der Waals surface area (Å²) >= 11 is 0. The summed E-state index contributed by atoms with van der Waals surface area (Å²) in [5.41, 5.74) is 4.39. The number of fused-ring (bicyclic) bond motifs is 1. The maximum absolute atomic E-state index is 11.5. The summed E-state index contributed by atoms with van der Waals surface area (Å²) in [6.07, 6.45) is 8.14. The van der Waals surface area contributed by atoms with Crippen molar-refractivity contribution >= 4 is 5.91 Å². The summed E-state index contributed by atoms with van der Waals surface area (Å²) in [6, 6.07) is 6.82. The molecule has 0 fully saturated rings. The molecule has 110 valence electrons. The minimum absolute atomic E-state index is 0.0939. The molecule has 1 aliphatic carbocycles. The van der Waals surface area contributed by atoms with Crippen molar-refractivity contribution in [3.63, 3.8) is 0 Å². The van der Waals surface area contributed by atoms with Gasteiger partial charge in [-0.15, -0.1) is 0 Å². The fourth-order valence-corrected chi connectivity index (χ4v) is 2.79. The summed E-state index contributed by atoms with van der Waals surface area (Å²) in [6.45, 7) is 0.712. The normalized spacial score (nSPS) is 13.8. The molecular weight excluding hydrogens is 250 g/mol. The van der Waals surface area contributed by atoms with Gasteiger partial charge < -0.3 is 10.4 Å². The van der Waals surface area contributed by atoms with E-state index in [1.54, 1.807) is 0 Å². The third-order valence-corrected chi connectivity index (χ3v) is 3.94. The van der Waals surface area contributed by atoms with E-state index in [-0.39, 0.29) is 12.5 Å². The number of hydrogen-bond donors (Lipinski definition) is 2. The van der Waals surface area contributed by atoms with Crippen molar-refractivity contribution in [3.8, 4) is 0 Å². The third-order valence-electron chi connectivity index (χ3n) is 3.94. The van der Waals surface area contributed by atoms with Gasteiger partial charge in [0.25, 0.3) is 0 Å². The van der Waals surface area contributed by atoms with Crippen LogP contribution in [0.15, 0.2) is 18.2 Å². The summed E-state index contributed by atoms with van der Waals surface area (Å²) in [5.74, 6) is 0.0939. The van der Waals surface area contributed by atoms with Gasteiger partial charge in [0.1, 0.15) is 0 Å². The number of hydrogen-bond acceptors (Lipinski definition) is 2. The van der Waals surface area contributed by atoms with E-state index in [9.17, 15) is 4.79 Å². The second-order valence-electron chi connectivity index (χ2n) is 5.59. The lowest BCUT2D eigenvalue weighted by molar-refractivity contribution is -0.121. The van der Waals surface area contributed by atoms with Gasteiger partial charge in [0.05, 0.1) is 0 Å². The van der Waals surface area contributed by atoms with E-state index in [1.807, 2.05) is 0 Å². The molecule has 0 unspecified atom stereocenters. The van der Waals surface area contributed by atoms with Crippen molar-refractivity contribution in [1.82, 2.24) is 5.32 Å². The highest BCUT2D eigenvalue weighted by Crippen LogP contribution is 2.22. The molecule has 1 aromatic carbocycles.